The molecular formula is C23H18ClN3O4S. The molecule has 3 aromatic rings. The van der Waals surface area contributed by atoms with Gasteiger partial charge in [-0.15, -0.1) is 0 Å². The SMILES string of the molecule is Cc1cc(/C=C2\SC(=O)N(Cc3ccccc3[N+](=O)[O-])C2=O)c(C)n1-c1ccc(Cl)cc1. The van der Waals surface area contributed by atoms with Crippen molar-refractivity contribution in [2.75, 3.05) is 0 Å². The second kappa shape index (κ2) is 8.64. The highest BCUT2D eigenvalue weighted by Gasteiger charge is 2.36. The third kappa shape index (κ3) is 4.06. The first-order chi connectivity index (χ1) is 15.3. The number of imide groups is 1. The number of aromatic nitrogens is 1. The molecule has 0 bridgehead atoms. The van der Waals surface area contributed by atoms with Crippen LogP contribution in [-0.2, 0) is 11.3 Å². The van der Waals surface area contributed by atoms with Crippen LogP contribution in [0, 0.1) is 24.0 Å². The third-order valence-electron chi connectivity index (χ3n) is 5.23. The summed E-state index contributed by atoms with van der Waals surface area (Å²) in [5.74, 6) is -0.463. The van der Waals surface area contributed by atoms with Gasteiger partial charge in [-0.1, -0.05) is 29.8 Å². The summed E-state index contributed by atoms with van der Waals surface area (Å²) in [6.45, 7) is 3.74. The van der Waals surface area contributed by atoms with E-state index in [1.165, 1.54) is 6.07 Å². The maximum Gasteiger partial charge on any atom is 0.293 e. The quantitative estimate of drug-likeness (QED) is 0.265. The lowest BCUT2D eigenvalue weighted by Gasteiger charge is -2.12. The van der Waals surface area contributed by atoms with Gasteiger partial charge in [0.25, 0.3) is 16.8 Å². The van der Waals surface area contributed by atoms with E-state index >= 15 is 0 Å². The Hall–Kier alpha value is -3.36. The molecule has 1 aliphatic heterocycles. The molecule has 4 rings (SSSR count). The molecular weight excluding hydrogens is 450 g/mol. The predicted molar refractivity (Wildman–Crippen MR) is 125 cm³/mol. The third-order valence-corrected chi connectivity index (χ3v) is 6.39. The number of halogens is 1. The number of para-hydroxylation sites is 1. The molecule has 1 aromatic heterocycles. The standard InChI is InChI=1S/C23H18ClN3O4S/c1-14-11-17(15(2)26(14)19-9-7-18(24)8-10-19)12-21-22(28)25(23(29)32-21)13-16-5-3-4-6-20(16)27(30)31/h3-12H,13H2,1-2H3/b21-12-. The summed E-state index contributed by atoms with van der Waals surface area (Å²) in [7, 11) is 0. The molecule has 1 aliphatic rings. The van der Waals surface area contributed by atoms with E-state index in [0.717, 1.165) is 39.3 Å². The fourth-order valence-corrected chi connectivity index (χ4v) is 4.65. The van der Waals surface area contributed by atoms with Gasteiger partial charge in [-0.3, -0.25) is 24.6 Å². The fraction of sp³-hybridized carbons (Fsp3) is 0.130. The molecule has 0 N–H and O–H groups in total. The van der Waals surface area contributed by atoms with E-state index in [-0.39, 0.29) is 17.1 Å². The Morgan fingerprint density at radius 3 is 2.47 bits per heavy atom. The van der Waals surface area contributed by atoms with Gasteiger partial charge >= 0.3 is 0 Å². The molecule has 0 atom stereocenters. The Balaban J connectivity index is 1.63. The van der Waals surface area contributed by atoms with E-state index in [4.69, 9.17) is 11.6 Å². The molecule has 162 valence electrons. The van der Waals surface area contributed by atoms with Gasteiger partial charge < -0.3 is 4.57 Å². The first-order valence-electron chi connectivity index (χ1n) is 9.69. The lowest BCUT2D eigenvalue weighted by atomic mass is 10.1. The smallest absolute Gasteiger partial charge is 0.293 e. The fourth-order valence-electron chi connectivity index (χ4n) is 3.69. The van der Waals surface area contributed by atoms with Crippen molar-refractivity contribution in [2.45, 2.75) is 20.4 Å². The van der Waals surface area contributed by atoms with Crippen molar-refractivity contribution in [1.82, 2.24) is 9.47 Å². The molecule has 9 heteroatoms. The molecule has 1 fully saturated rings. The number of nitro benzene ring substituents is 1. The number of nitro groups is 1. The van der Waals surface area contributed by atoms with Gasteiger partial charge in [0.1, 0.15) is 0 Å². The Bertz CT molecular complexity index is 1280. The molecule has 7 nitrogen and oxygen atoms in total. The van der Waals surface area contributed by atoms with Crippen LogP contribution in [0.4, 0.5) is 10.5 Å². The van der Waals surface area contributed by atoms with E-state index in [0.29, 0.717) is 10.6 Å². The van der Waals surface area contributed by atoms with Gasteiger partial charge in [0, 0.05) is 33.7 Å². The van der Waals surface area contributed by atoms with Gasteiger partial charge in [0.15, 0.2) is 0 Å². The molecule has 32 heavy (non-hydrogen) atoms. The molecule has 0 aliphatic carbocycles. The Morgan fingerprint density at radius 1 is 1.09 bits per heavy atom. The van der Waals surface area contributed by atoms with Crippen LogP contribution in [0.15, 0.2) is 59.5 Å². The maximum atomic E-state index is 12.9. The Labute approximate surface area is 193 Å². The number of carbonyl (C=O) groups excluding carboxylic acids is 2. The van der Waals surface area contributed by atoms with Crippen molar-refractivity contribution < 1.29 is 14.5 Å². The second-order valence-corrected chi connectivity index (χ2v) is 8.72. The van der Waals surface area contributed by atoms with Gasteiger partial charge in [0.05, 0.1) is 16.4 Å². The molecule has 2 amide bonds. The summed E-state index contributed by atoms with van der Waals surface area (Å²) >= 11 is 6.83. The van der Waals surface area contributed by atoms with Gasteiger partial charge in [-0.25, -0.2) is 0 Å². The largest absolute Gasteiger partial charge is 0.318 e. The van der Waals surface area contributed by atoms with Crippen molar-refractivity contribution in [3.05, 3.63) is 97.2 Å². The summed E-state index contributed by atoms with van der Waals surface area (Å²) in [5, 5.41) is 11.5. The molecule has 2 aromatic carbocycles. The molecule has 0 unspecified atom stereocenters. The molecule has 1 saturated heterocycles. The highest BCUT2D eigenvalue weighted by Crippen LogP contribution is 2.35. The van der Waals surface area contributed by atoms with Gasteiger partial charge in [-0.05, 0) is 67.6 Å². The zero-order valence-corrected chi connectivity index (χ0v) is 18.8. The van der Waals surface area contributed by atoms with Crippen LogP contribution in [-0.4, -0.2) is 25.5 Å². The number of nitrogens with zero attached hydrogens (tertiary/aromatic N) is 3. The van der Waals surface area contributed by atoms with Crippen LogP contribution in [0.1, 0.15) is 22.5 Å². The normalized spacial score (nSPS) is 15.1. The average molecular weight is 468 g/mol. The van der Waals surface area contributed by atoms with Crippen LogP contribution in [0.5, 0.6) is 0 Å². The summed E-state index contributed by atoms with van der Waals surface area (Å²) in [4.78, 5) is 37.5. The monoisotopic (exact) mass is 467 g/mol. The number of hydrogen-bond acceptors (Lipinski definition) is 5. The van der Waals surface area contributed by atoms with Gasteiger partial charge in [-0.2, -0.15) is 0 Å². The van der Waals surface area contributed by atoms with E-state index in [2.05, 4.69) is 0 Å². The van der Waals surface area contributed by atoms with E-state index < -0.39 is 16.1 Å². The van der Waals surface area contributed by atoms with Crippen molar-refractivity contribution in [3.63, 3.8) is 0 Å². The van der Waals surface area contributed by atoms with E-state index in [1.807, 2.05) is 48.7 Å². The average Bonchev–Trinajstić information content (AvgIpc) is 3.18. The van der Waals surface area contributed by atoms with Crippen LogP contribution in [0.25, 0.3) is 11.8 Å². The Kier molecular flexibility index (Phi) is 5.90. The molecule has 0 saturated carbocycles. The van der Waals surface area contributed by atoms with E-state index in [1.54, 1.807) is 24.3 Å². The second-order valence-electron chi connectivity index (χ2n) is 7.29. The number of aryl methyl sites for hydroxylation is 1. The molecule has 2 heterocycles. The number of rotatable bonds is 5. The van der Waals surface area contributed by atoms with Crippen molar-refractivity contribution in [2.24, 2.45) is 0 Å². The van der Waals surface area contributed by atoms with Gasteiger partial charge in [0.2, 0.25) is 0 Å². The van der Waals surface area contributed by atoms with Crippen molar-refractivity contribution in [3.8, 4) is 5.69 Å². The summed E-state index contributed by atoms with van der Waals surface area (Å²) < 4.78 is 2.04. The number of amides is 2. The zero-order chi connectivity index (χ0) is 23.0. The Morgan fingerprint density at radius 2 is 1.78 bits per heavy atom. The number of carbonyl (C=O) groups is 2. The maximum absolute atomic E-state index is 12.9. The summed E-state index contributed by atoms with van der Waals surface area (Å²) in [6, 6.07) is 15.5. The first kappa shape index (κ1) is 21.9. The minimum absolute atomic E-state index is 0.123. The van der Waals surface area contributed by atoms with Crippen LogP contribution < -0.4 is 0 Å². The first-order valence-corrected chi connectivity index (χ1v) is 10.9. The van der Waals surface area contributed by atoms with Crippen LogP contribution in [0.3, 0.4) is 0 Å². The molecule has 0 spiro atoms. The lowest BCUT2D eigenvalue weighted by Crippen LogP contribution is -2.27. The topological polar surface area (TPSA) is 85.5 Å². The number of hydrogen-bond donors (Lipinski definition) is 0. The highest BCUT2D eigenvalue weighted by molar-refractivity contribution is 8.18. The minimum atomic E-state index is -0.518. The highest BCUT2D eigenvalue weighted by atomic mass is 35.5. The summed E-state index contributed by atoms with van der Waals surface area (Å²) in [5.41, 5.74) is 3.82. The number of thioether (sulfide) groups is 1. The predicted octanol–water partition coefficient (Wildman–Crippen LogP) is 5.89. The minimum Gasteiger partial charge on any atom is -0.318 e. The van der Waals surface area contributed by atoms with Crippen molar-refractivity contribution >= 4 is 46.3 Å². The number of benzene rings is 2. The zero-order valence-electron chi connectivity index (χ0n) is 17.2. The molecule has 0 radical (unpaired) electrons. The van der Waals surface area contributed by atoms with E-state index in [9.17, 15) is 19.7 Å². The van der Waals surface area contributed by atoms with Crippen LogP contribution in [0.2, 0.25) is 5.02 Å². The van der Waals surface area contributed by atoms with Crippen molar-refractivity contribution in [1.29, 1.82) is 0 Å². The lowest BCUT2D eigenvalue weighted by molar-refractivity contribution is -0.385. The van der Waals surface area contributed by atoms with Crippen LogP contribution >= 0.6 is 23.4 Å². The summed E-state index contributed by atoms with van der Waals surface area (Å²) in [6.07, 6.45) is 1.69.